The van der Waals surface area contributed by atoms with Crippen LogP contribution in [0.15, 0.2) is 17.1 Å². The zero-order valence-electron chi connectivity index (χ0n) is 5.71. The SMILES string of the molecule is O=c1[nH]c2nccc(I)c2n1I. The molecular weight excluding hydrogens is 384 g/mol. The lowest BCUT2D eigenvalue weighted by molar-refractivity contribution is 1.18. The zero-order valence-corrected chi connectivity index (χ0v) is 10.0. The molecule has 0 radical (unpaired) electrons. The molecule has 0 saturated heterocycles. The molecule has 1 N–H and O–H groups in total. The third-order valence-electron chi connectivity index (χ3n) is 1.47. The Kier molecular flexibility index (Phi) is 2.10. The molecule has 0 saturated carbocycles. The molecule has 0 amide bonds. The van der Waals surface area contributed by atoms with E-state index >= 15 is 0 Å². The van der Waals surface area contributed by atoms with Crippen molar-refractivity contribution in [1.29, 1.82) is 0 Å². The molecule has 2 heterocycles. The first kappa shape index (κ1) is 8.48. The average Bonchev–Trinajstić information content (AvgIpc) is 2.29. The number of hydrogen-bond donors (Lipinski definition) is 1. The van der Waals surface area contributed by atoms with E-state index in [1.165, 1.54) is 2.78 Å². The summed E-state index contributed by atoms with van der Waals surface area (Å²) in [4.78, 5) is 17.8. The molecule has 0 aromatic carbocycles. The lowest BCUT2D eigenvalue weighted by Gasteiger charge is -1.92. The number of aromatic nitrogens is 3. The van der Waals surface area contributed by atoms with E-state index in [0.29, 0.717) is 5.65 Å². The molecule has 2 rings (SSSR count). The highest BCUT2D eigenvalue weighted by Gasteiger charge is 2.07. The van der Waals surface area contributed by atoms with Crippen LogP contribution in [-0.2, 0) is 0 Å². The van der Waals surface area contributed by atoms with Gasteiger partial charge in [-0.25, -0.2) is 12.6 Å². The van der Waals surface area contributed by atoms with Gasteiger partial charge in [-0.3, -0.25) is 4.98 Å². The first-order valence-corrected chi connectivity index (χ1v) is 5.16. The second-order valence-corrected chi connectivity index (χ2v) is 4.33. The predicted octanol–water partition coefficient (Wildman–Crippen LogP) is 1.53. The van der Waals surface area contributed by atoms with Gasteiger partial charge >= 0.3 is 5.69 Å². The van der Waals surface area contributed by atoms with Crippen LogP contribution in [0.3, 0.4) is 0 Å². The Bertz CT molecular complexity index is 487. The Labute approximate surface area is 95.0 Å². The zero-order chi connectivity index (χ0) is 8.72. The van der Waals surface area contributed by atoms with Crippen LogP contribution < -0.4 is 5.69 Å². The van der Waals surface area contributed by atoms with Crippen LogP contribution in [-0.4, -0.2) is 12.7 Å². The Morgan fingerprint density at radius 1 is 1.58 bits per heavy atom. The number of halogens is 2. The maximum Gasteiger partial charge on any atom is 0.336 e. The van der Waals surface area contributed by atoms with Gasteiger partial charge in [0.2, 0.25) is 0 Å². The number of imidazole rings is 1. The molecule has 0 spiro atoms. The maximum absolute atomic E-state index is 11.1. The summed E-state index contributed by atoms with van der Waals surface area (Å²) in [7, 11) is 0. The van der Waals surface area contributed by atoms with E-state index in [2.05, 4.69) is 32.6 Å². The highest BCUT2D eigenvalue weighted by atomic mass is 127. The van der Waals surface area contributed by atoms with E-state index in [0.717, 1.165) is 9.09 Å². The number of aromatic amines is 1. The van der Waals surface area contributed by atoms with Crippen molar-refractivity contribution in [3.05, 3.63) is 26.3 Å². The van der Waals surface area contributed by atoms with Crippen molar-refractivity contribution in [3.63, 3.8) is 0 Å². The molecule has 0 fully saturated rings. The van der Waals surface area contributed by atoms with Gasteiger partial charge in [-0.2, -0.15) is 0 Å². The number of pyridine rings is 1. The summed E-state index contributed by atoms with van der Waals surface area (Å²) in [6.45, 7) is 0. The highest BCUT2D eigenvalue weighted by molar-refractivity contribution is 14.1. The predicted molar refractivity (Wildman–Crippen MR) is 62.5 cm³/mol. The smallest absolute Gasteiger partial charge is 0.289 e. The number of hydrogen-bond acceptors (Lipinski definition) is 2. The largest absolute Gasteiger partial charge is 0.336 e. The summed E-state index contributed by atoms with van der Waals surface area (Å²) in [5, 5.41) is 0. The highest BCUT2D eigenvalue weighted by Crippen LogP contribution is 2.16. The molecule has 4 nitrogen and oxygen atoms in total. The van der Waals surface area contributed by atoms with Crippen LogP contribution in [0.25, 0.3) is 11.2 Å². The van der Waals surface area contributed by atoms with Crippen molar-refractivity contribution in [2.45, 2.75) is 0 Å². The standard InChI is InChI=1S/C6H3I2N3O/c7-3-1-2-9-5-4(3)11(8)6(12)10-5/h1-2H,(H,9,10,12). The molecule has 6 heteroatoms. The lowest BCUT2D eigenvalue weighted by Crippen LogP contribution is -2.07. The van der Waals surface area contributed by atoms with Crippen LogP contribution in [0.1, 0.15) is 0 Å². The van der Waals surface area contributed by atoms with E-state index < -0.39 is 0 Å². The van der Waals surface area contributed by atoms with Gasteiger partial charge in [0.1, 0.15) is 5.52 Å². The fraction of sp³-hybridized carbons (Fsp3) is 0. The van der Waals surface area contributed by atoms with E-state index in [-0.39, 0.29) is 5.69 Å². The van der Waals surface area contributed by atoms with E-state index in [4.69, 9.17) is 0 Å². The number of rotatable bonds is 0. The van der Waals surface area contributed by atoms with Crippen molar-refractivity contribution in [3.8, 4) is 0 Å². The second kappa shape index (κ2) is 2.98. The van der Waals surface area contributed by atoms with Crippen molar-refractivity contribution < 1.29 is 0 Å². The topological polar surface area (TPSA) is 50.7 Å². The van der Waals surface area contributed by atoms with Gasteiger partial charge in [0.15, 0.2) is 5.65 Å². The van der Waals surface area contributed by atoms with Crippen LogP contribution >= 0.6 is 45.5 Å². The molecular formula is C6H3I2N3O. The van der Waals surface area contributed by atoms with Gasteiger partial charge in [0.05, 0.1) is 22.9 Å². The van der Waals surface area contributed by atoms with Crippen LogP contribution in [0, 0.1) is 3.57 Å². The average molecular weight is 387 g/mol. The number of H-pyrrole nitrogens is 1. The van der Waals surface area contributed by atoms with Gasteiger partial charge in [-0.1, -0.05) is 0 Å². The maximum atomic E-state index is 11.1. The summed E-state index contributed by atoms with van der Waals surface area (Å²) in [6.07, 6.45) is 1.68. The number of nitrogens with zero attached hydrogens (tertiary/aromatic N) is 2. The molecule has 0 bridgehead atoms. The molecule has 0 aliphatic carbocycles. The van der Waals surface area contributed by atoms with Gasteiger partial charge in [-0.05, 0) is 28.7 Å². The minimum atomic E-state index is -0.137. The van der Waals surface area contributed by atoms with E-state index in [9.17, 15) is 4.79 Å². The monoisotopic (exact) mass is 387 g/mol. The van der Waals surface area contributed by atoms with Gasteiger partial charge < -0.3 is 0 Å². The quantitative estimate of drug-likeness (QED) is 0.698. The van der Waals surface area contributed by atoms with E-state index in [1.807, 2.05) is 28.9 Å². The molecule has 0 aliphatic heterocycles. The summed E-state index contributed by atoms with van der Waals surface area (Å²) in [5.41, 5.74) is 1.35. The summed E-state index contributed by atoms with van der Waals surface area (Å²) in [6, 6.07) is 1.87. The van der Waals surface area contributed by atoms with E-state index in [1.54, 1.807) is 6.20 Å². The Morgan fingerprint density at radius 3 is 3.00 bits per heavy atom. The van der Waals surface area contributed by atoms with Gasteiger partial charge in [0, 0.05) is 9.77 Å². The first-order chi connectivity index (χ1) is 5.70. The summed E-state index contributed by atoms with van der Waals surface area (Å²) < 4.78 is 2.55. The van der Waals surface area contributed by atoms with Crippen molar-refractivity contribution >= 4 is 56.6 Å². The van der Waals surface area contributed by atoms with Crippen LogP contribution in [0.5, 0.6) is 0 Å². The normalized spacial score (nSPS) is 10.8. The molecule has 0 aliphatic rings. The van der Waals surface area contributed by atoms with Crippen LogP contribution in [0.2, 0.25) is 0 Å². The fourth-order valence-electron chi connectivity index (χ4n) is 0.961. The van der Waals surface area contributed by atoms with Crippen molar-refractivity contribution in [1.82, 2.24) is 12.7 Å². The third kappa shape index (κ3) is 1.16. The lowest BCUT2D eigenvalue weighted by atomic mass is 10.4. The molecule has 62 valence electrons. The first-order valence-electron chi connectivity index (χ1n) is 3.11. The van der Waals surface area contributed by atoms with Crippen molar-refractivity contribution in [2.24, 2.45) is 0 Å². The second-order valence-electron chi connectivity index (χ2n) is 2.20. The van der Waals surface area contributed by atoms with Crippen LogP contribution in [0.4, 0.5) is 0 Å². The molecule has 2 aromatic heterocycles. The minimum absolute atomic E-state index is 0.137. The van der Waals surface area contributed by atoms with Gasteiger partial charge in [-0.15, -0.1) is 0 Å². The number of nitrogens with one attached hydrogen (secondary N) is 1. The minimum Gasteiger partial charge on any atom is -0.289 e. The number of fused-ring (bicyclic) bond motifs is 1. The Balaban J connectivity index is 3.07. The Morgan fingerprint density at radius 2 is 2.33 bits per heavy atom. The molecule has 0 atom stereocenters. The Hall–Kier alpha value is -0.120. The molecule has 2 aromatic rings. The molecule has 12 heavy (non-hydrogen) atoms. The molecule has 0 unspecified atom stereocenters. The summed E-state index contributed by atoms with van der Waals surface area (Å²) in [5.74, 6) is 0. The third-order valence-corrected chi connectivity index (χ3v) is 3.27. The van der Waals surface area contributed by atoms with Gasteiger partial charge in [0.25, 0.3) is 0 Å². The summed E-state index contributed by atoms with van der Waals surface area (Å²) >= 11 is 4.12. The van der Waals surface area contributed by atoms with Crippen molar-refractivity contribution in [2.75, 3.05) is 0 Å². The fourth-order valence-corrected chi connectivity index (χ4v) is 2.69.